The summed E-state index contributed by atoms with van der Waals surface area (Å²) in [4.78, 5) is 24.3. The van der Waals surface area contributed by atoms with Crippen LogP contribution in [-0.4, -0.2) is 36.9 Å². The first-order valence-corrected chi connectivity index (χ1v) is 6.34. The first-order chi connectivity index (χ1) is 9.04. The largest absolute Gasteiger partial charge is 0.337 e. The van der Waals surface area contributed by atoms with Crippen molar-refractivity contribution in [2.45, 2.75) is 20.4 Å². The van der Waals surface area contributed by atoms with E-state index in [2.05, 4.69) is 10.6 Å². The highest BCUT2D eigenvalue weighted by Gasteiger charge is 2.10. The fraction of sp³-hybridized carbons (Fsp3) is 0.429. The second-order valence-electron chi connectivity index (χ2n) is 4.36. The fourth-order valence-corrected chi connectivity index (χ4v) is 1.57. The van der Waals surface area contributed by atoms with Crippen LogP contribution in [0.25, 0.3) is 0 Å². The summed E-state index contributed by atoms with van der Waals surface area (Å²) in [6.07, 6.45) is 0. The molecule has 19 heavy (non-hydrogen) atoms. The van der Waals surface area contributed by atoms with Gasteiger partial charge in [-0.15, -0.1) is 0 Å². The number of hydrogen-bond donors (Lipinski definition) is 2. The van der Waals surface area contributed by atoms with Crippen LogP contribution in [0.3, 0.4) is 0 Å². The lowest BCUT2D eigenvalue weighted by Gasteiger charge is -2.16. The zero-order chi connectivity index (χ0) is 14.3. The number of carbonyl (C=O) groups excluding carboxylic acids is 2. The molecular formula is C14H21N3O2. The van der Waals surface area contributed by atoms with Gasteiger partial charge in [0.25, 0.3) is 0 Å². The summed E-state index contributed by atoms with van der Waals surface area (Å²) < 4.78 is 0. The minimum atomic E-state index is -0.193. The Bertz CT molecular complexity index is 446. The number of amides is 2. The summed E-state index contributed by atoms with van der Waals surface area (Å²) in [5.74, 6) is -0.322. The Kier molecular flexibility index (Phi) is 6.02. The van der Waals surface area contributed by atoms with E-state index >= 15 is 0 Å². The number of nitrogens with zero attached hydrogens (tertiary/aromatic N) is 1. The van der Waals surface area contributed by atoms with Gasteiger partial charge in [0.1, 0.15) is 0 Å². The molecule has 1 aromatic carbocycles. The molecule has 5 nitrogen and oxygen atoms in total. The number of rotatable bonds is 6. The van der Waals surface area contributed by atoms with Gasteiger partial charge in [0.05, 0.1) is 6.54 Å². The van der Waals surface area contributed by atoms with E-state index in [4.69, 9.17) is 0 Å². The van der Waals surface area contributed by atoms with Gasteiger partial charge in [-0.2, -0.15) is 0 Å². The highest BCUT2D eigenvalue weighted by molar-refractivity contribution is 5.94. The van der Waals surface area contributed by atoms with Crippen LogP contribution < -0.4 is 10.6 Å². The molecule has 0 radical (unpaired) electrons. The number of benzene rings is 1. The van der Waals surface area contributed by atoms with Gasteiger partial charge in [-0.05, 0) is 18.2 Å². The van der Waals surface area contributed by atoms with Crippen molar-refractivity contribution < 1.29 is 9.59 Å². The summed E-state index contributed by atoms with van der Waals surface area (Å²) >= 11 is 0. The predicted octanol–water partition coefficient (Wildman–Crippen LogP) is 1.21. The lowest BCUT2D eigenvalue weighted by molar-refractivity contribution is -0.131. The van der Waals surface area contributed by atoms with Gasteiger partial charge in [0.15, 0.2) is 0 Å². The smallest absolute Gasteiger partial charge is 0.243 e. The third-order valence-corrected chi connectivity index (χ3v) is 2.78. The van der Waals surface area contributed by atoms with E-state index in [-0.39, 0.29) is 18.4 Å². The molecule has 0 saturated carbocycles. The first-order valence-electron chi connectivity index (χ1n) is 6.34. The zero-order valence-electron chi connectivity index (χ0n) is 11.7. The van der Waals surface area contributed by atoms with Gasteiger partial charge in [0.2, 0.25) is 11.8 Å². The molecule has 0 aromatic heterocycles. The normalized spacial score (nSPS) is 10.1. The van der Waals surface area contributed by atoms with Crippen LogP contribution in [0.15, 0.2) is 24.3 Å². The maximum Gasteiger partial charge on any atom is 0.243 e. The van der Waals surface area contributed by atoms with Crippen molar-refractivity contribution in [1.29, 1.82) is 0 Å². The maximum atomic E-state index is 11.8. The highest BCUT2D eigenvalue weighted by atomic mass is 16.2. The molecule has 0 spiro atoms. The number of anilines is 1. The Balaban J connectivity index is 2.65. The maximum absolute atomic E-state index is 11.8. The molecule has 0 bridgehead atoms. The van der Waals surface area contributed by atoms with Crippen molar-refractivity contribution in [3.05, 3.63) is 29.8 Å². The van der Waals surface area contributed by atoms with E-state index in [1.165, 1.54) is 11.8 Å². The van der Waals surface area contributed by atoms with Crippen molar-refractivity contribution in [2.24, 2.45) is 0 Å². The number of para-hydroxylation sites is 1. The second kappa shape index (κ2) is 7.53. The second-order valence-corrected chi connectivity index (χ2v) is 4.36. The number of hydrogen-bond acceptors (Lipinski definition) is 3. The van der Waals surface area contributed by atoms with E-state index in [1.54, 1.807) is 7.05 Å². The fourth-order valence-electron chi connectivity index (χ4n) is 1.57. The third kappa shape index (κ3) is 5.09. The SMILES string of the molecule is CCNCc1ccccc1NC(=O)CN(C)C(C)=O. The van der Waals surface area contributed by atoms with E-state index in [9.17, 15) is 9.59 Å². The molecule has 1 aromatic rings. The van der Waals surface area contributed by atoms with Crippen LogP contribution in [0.4, 0.5) is 5.69 Å². The Labute approximate surface area is 114 Å². The summed E-state index contributed by atoms with van der Waals surface area (Å²) in [5, 5.41) is 6.05. The van der Waals surface area contributed by atoms with E-state index in [0.717, 1.165) is 17.8 Å². The number of carbonyl (C=O) groups is 2. The zero-order valence-corrected chi connectivity index (χ0v) is 11.7. The summed E-state index contributed by atoms with van der Waals surface area (Å²) in [6, 6.07) is 7.63. The molecule has 1 rings (SSSR count). The van der Waals surface area contributed by atoms with E-state index in [0.29, 0.717) is 6.54 Å². The molecule has 0 heterocycles. The molecule has 0 fully saturated rings. The van der Waals surface area contributed by atoms with Gasteiger partial charge in [-0.3, -0.25) is 9.59 Å². The molecule has 2 N–H and O–H groups in total. The lowest BCUT2D eigenvalue weighted by atomic mass is 10.1. The van der Waals surface area contributed by atoms with Gasteiger partial charge in [-0.25, -0.2) is 0 Å². The molecule has 5 heteroatoms. The Morgan fingerprint density at radius 2 is 1.95 bits per heavy atom. The molecule has 0 aliphatic carbocycles. The minimum Gasteiger partial charge on any atom is -0.337 e. The Morgan fingerprint density at radius 1 is 1.26 bits per heavy atom. The Hall–Kier alpha value is -1.88. The monoisotopic (exact) mass is 263 g/mol. The molecule has 2 amide bonds. The molecular weight excluding hydrogens is 242 g/mol. The Morgan fingerprint density at radius 3 is 2.58 bits per heavy atom. The minimum absolute atomic E-state index is 0.0604. The average molecular weight is 263 g/mol. The standard InChI is InChI=1S/C14H21N3O2/c1-4-15-9-12-7-5-6-8-13(12)16-14(19)10-17(3)11(2)18/h5-8,15H,4,9-10H2,1-3H3,(H,16,19). The van der Waals surface area contributed by atoms with Crippen molar-refractivity contribution in [3.63, 3.8) is 0 Å². The van der Waals surface area contributed by atoms with Gasteiger partial charge < -0.3 is 15.5 Å². The number of likely N-dealkylation sites (N-methyl/N-ethyl adjacent to an activating group) is 1. The quantitative estimate of drug-likeness (QED) is 0.811. The van der Waals surface area contributed by atoms with Crippen LogP contribution in [-0.2, 0) is 16.1 Å². The lowest BCUT2D eigenvalue weighted by Crippen LogP contribution is -2.33. The van der Waals surface area contributed by atoms with E-state index < -0.39 is 0 Å². The molecule has 0 unspecified atom stereocenters. The third-order valence-electron chi connectivity index (χ3n) is 2.78. The van der Waals surface area contributed by atoms with Crippen molar-refractivity contribution >= 4 is 17.5 Å². The molecule has 0 saturated heterocycles. The molecule has 0 aliphatic heterocycles. The topological polar surface area (TPSA) is 61.4 Å². The van der Waals surface area contributed by atoms with Gasteiger partial charge >= 0.3 is 0 Å². The van der Waals surface area contributed by atoms with Crippen molar-refractivity contribution in [1.82, 2.24) is 10.2 Å². The van der Waals surface area contributed by atoms with Crippen molar-refractivity contribution in [3.8, 4) is 0 Å². The molecule has 0 atom stereocenters. The van der Waals surface area contributed by atoms with Crippen LogP contribution in [0.1, 0.15) is 19.4 Å². The average Bonchev–Trinajstić information content (AvgIpc) is 2.37. The van der Waals surface area contributed by atoms with Gasteiger partial charge in [0, 0.05) is 26.2 Å². The van der Waals surface area contributed by atoms with Crippen LogP contribution in [0, 0.1) is 0 Å². The van der Waals surface area contributed by atoms with E-state index in [1.807, 2.05) is 31.2 Å². The molecule has 104 valence electrons. The van der Waals surface area contributed by atoms with Crippen LogP contribution in [0.5, 0.6) is 0 Å². The highest BCUT2D eigenvalue weighted by Crippen LogP contribution is 2.14. The first kappa shape index (κ1) is 15.2. The van der Waals surface area contributed by atoms with Crippen molar-refractivity contribution in [2.75, 3.05) is 25.5 Å². The van der Waals surface area contributed by atoms with Crippen LogP contribution in [0.2, 0.25) is 0 Å². The predicted molar refractivity (Wildman–Crippen MR) is 75.8 cm³/mol. The summed E-state index contributed by atoms with van der Waals surface area (Å²) in [7, 11) is 1.60. The van der Waals surface area contributed by atoms with Crippen LogP contribution >= 0.6 is 0 Å². The molecule has 0 aliphatic rings. The van der Waals surface area contributed by atoms with Gasteiger partial charge in [-0.1, -0.05) is 25.1 Å². The summed E-state index contributed by atoms with van der Waals surface area (Å²) in [6.45, 7) is 5.10. The summed E-state index contributed by atoms with van der Waals surface area (Å²) in [5.41, 5.74) is 1.81. The number of nitrogens with one attached hydrogen (secondary N) is 2.